The van der Waals surface area contributed by atoms with E-state index in [-0.39, 0.29) is 0 Å². The lowest BCUT2D eigenvalue weighted by Gasteiger charge is -2.25. The van der Waals surface area contributed by atoms with Crippen LogP contribution in [0.4, 0.5) is 0 Å². The molecule has 0 aromatic carbocycles. The molecule has 0 spiro atoms. The number of rotatable bonds is 5. The topological polar surface area (TPSA) is 49.9 Å². The first-order valence-electron chi connectivity index (χ1n) is 5.70. The third-order valence-electron chi connectivity index (χ3n) is 2.84. The second-order valence-electron chi connectivity index (χ2n) is 4.16. The smallest absolute Gasteiger partial charge is 0.0916 e. The Morgan fingerprint density at radius 2 is 2.07 bits per heavy atom. The summed E-state index contributed by atoms with van der Waals surface area (Å²) >= 11 is 2.07. The van der Waals surface area contributed by atoms with Gasteiger partial charge in [-0.3, -0.25) is 5.41 Å². The monoisotopic (exact) mass is 214 g/mol. The molecule has 1 unspecified atom stereocenters. The first-order valence-corrected chi connectivity index (χ1v) is 6.65. The van der Waals surface area contributed by atoms with Crippen LogP contribution in [0.3, 0.4) is 0 Å². The number of nitrogens with two attached hydrogens (primary N) is 1. The van der Waals surface area contributed by atoms with Crippen molar-refractivity contribution in [2.24, 2.45) is 5.73 Å². The van der Waals surface area contributed by atoms with Gasteiger partial charge in [0.15, 0.2) is 0 Å². The highest BCUT2D eigenvalue weighted by atomic mass is 32.2. The van der Waals surface area contributed by atoms with Crippen LogP contribution < -0.4 is 5.73 Å². The summed E-state index contributed by atoms with van der Waals surface area (Å²) in [5, 5.41) is 8.73. The van der Waals surface area contributed by atoms with Crippen LogP contribution in [0.5, 0.6) is 0 Å². The van der Waals surface area contributed by atoms with E-state index in [0.29, 0.717) is 11.1 Å². The number of amidine groups is 1. The van der Waals surface area contributed by atoms with Crippen molar-refractivity contribution in [3.8, 4) is 0 Å². The van der Waals surface area contributed by atoms with Crippen LogP contribution in [0.15, 0.2) is 0 Å². The molecule has 0 radical (unpaired) electrons. The fourth-order valence-electron chi connectivity index (χ4n) is 2.01. The molecule has 1 rings (SSSR count). The predicted octanol–water partition coefficient (Wildman–Crippen LogP) is 3.16. The summed E-state index contributed by atoms with van der Waals surface area (Å²) in [4.78, 5) is 0. The second-order valence-corrected chi connectivity index (χ2v) is 5.76. The quantitative estimate of drug-likeness (QED) is 0.545. The zero-order valence-electron chi connectivity index (χ0n) is 9.09. The third kappa shape index (κ3) is 4.36. The summed E-state index contributed by atoms with van der Waals surface area (Å²) in [7, 11) is 0. The van der Waals surface area contributed by atoms with Gasteiger partial charge in [-0.25, -0.2) is 0 Å². The van der Waals surface area contributed by atoms with E-state index in [4.69, 9.17) is 11.1 Å². The molecule has 1 aliphatic rings. The molecule has 3 N–H and O–H groups in total. The summed E-state index contributed by atoms with van der Waals surface area (Å²) < 4.78 is 0. The minimum absolute atomic E-state index is 0.347. The zero-order valence-corrected chi connectivity index (χ0v) is 9.91. The second kappa shape index (κ2) is 6.33. The summed E-state index contributed by atoms with van der Waals surface area (Å²) in [6.07, 6.45) is 8.87. The van der Waals surface area contributed by atoms with Crippen molar-refractivity contribution in [1.29, 1.82) is 5.41 Å². The Kier molecular flexibility index (Phi) is 5.38. The number of nitrogens with one attached hydrogen (secondary N) is 1. The first kappa shape index (κ1) is 11.9. The highest BCUT2D eigenvalue weighted by molar-refractivity contribution is 8.00. The summed E-state index contributed by atoms with van der Waals surface area (Å²) in [5.74, 6) is 0.347. The van der Waals surface area contributed by atoms with E-state index in [0.717, 1.165) is 18.1 Å². The lowest BCUT2D eigenvalue weighted by atomic mass is 10.0. The van der Waals surface area contributed by atoms with Crippen molar-refractivity contribution in [2.45, 2.75) is 62.4 Å². The van der Waals surface area contributed by atoms with Crippen LogP contribution in [-0.2, 0) is 0 Å². The maximum atomic E-state index is 7.31. The molecule has 0 aromatic rings. The lowest BCUT2D eigenvalue weighted by molar-refractivity contribution is 0.514. The standard InChI is InChI=1S/C11H22N2S/c1-2-9(8-11(12)13)14-10-6-4-3-5-7-10/h9-10H,2-8H2,1H3,(H3,12,13). The van der Waals surface area contributed by atoms with E-state index in [1.165, 1.54) is 32.1 Å². The molecule has 0 bridgehead atoms. The molecule has 1 atom stereocenters. The molecule has 0 amide bonds. The van der Waals surface area contributed by atoms with E-state index in [1.807, 2.05) is 0 Å². The fraction of sp³-hybridized carbons (Fsp3) is 0.909. The van der Waals surface area contributed by atoms with Crippen molar-refractivity contribution in [1.82, 2.24) is 0 Å². The van der Waals surface area contributed by atoms with Crippen LogP contribution in [0.2, 0.25) is 0 Å². The SMILES string of the molecule is CCC(CC(=N)N)SC1CCCCC1. The predicted molar refractivity (Wildman–Crippen MR) is 65.1 cm³/mol. The van der Waals surface area contributed by atoms with Crippen LogP contribution in [-0.4, -0.2) is 16.3 Å². The van der Waals surface area contributed by atoms with E-state index >= 15 is 0 Å². The minimum atomic E-state index is 0.347. The highest BCUT2D eigenvalue weighted by Crippen LogP contribution is 2.33. The molecule has 2 nitrogen and oxygen atoms in total. The van der Waals surface area contributed by atoms with Gasteiger partial charge >= 0.3 is 0 Å². The van der Waals surface area contributed by atoms with Gasteiger partial charge in [-0.05, 0) is 19.3 Å². The maximum Gasteiger partial charge on any atom is 0.0916 e. The van der Waals surface area contributed by atoms with Crippen LogP contribution in [0.25, 0.3) is 0 Å². The fourth-order valence-corrected chi connectivity index (χ4v) is 3.63. The normalized spacial score (nSPS) is 20.6. The number of hydrogen-bond donors (Lipinski definition) is 2. The average Bonchev–Trinajstić information content (AvgIpc) is 2.17. The van der Waals surface area contributed by atoms with Gasteiger partial charge in [0.1, 0.15) is 0 Å². The molecule has 0 aromatic heterocycles. The Hall–Kier alpha value is -0.180. The van der Waals surface area contributed by atoms with Gasteiger partial charge < -0.3 is 5.73 Å². The van der Waals surface area contributed by atoms with Gasteiger partial charge in [0.2, 0.25) is 0 Å². The van der Waals surface area contributed by atoms with E-state index in [2.05, 4.69) is 18.7 Å². The van der Waals surface area contributed by atoms with Crippen LogP contribution in [0, 0.1) is 5.41 Å². The van der Waals surface area contributed by atoms with Crippen molar-refractivity contribution in [3.05, 3.63) is 0 Å². The highest BCUT2D eigenvalue weighted by Gasteiger charge is 2.18. The van der Waals surface area contributed by atoms with Gasteiger partial charge in [-0.2, -0.15) is 11.8 Å². The summed E-state index contributed by atoms with van der Waals surface area (Å²) in [6, 6.07) is 0. The molecular weight excluding hydrogens is 192 g/mol. The Bertz CT molecular complexity index is 176. The van der Waals surface area contributed by atoms with Crippen molar-refractivity contribution >= 4 is 17.6 Å². The molecule has 1 fully saturated rings. The van der Waals surface area contributed by atoms with Crippen LogP contribution in [0.1, 0.15) is 51.9 Å². The largest absolute Gasteiger partial charge is 0.388 e. The number of hydrogen-bond acceptors (Lipinski definition) is 2. The molecule has 0 saturated heterocycles. The molecule has 1 aliphatic carbocycles. The summed E-state index contributed by atoms with van der Waals surface area (Å²) in [5.41, 5.74) is 5.44. The molecule has 3 heteroatoms. The van der Waals surface area contributed by atoms with Crippen molar-refractivity contribution in [3.63, 3.8) is 0 Å². The molecule has 0 aliphatic heterocycles. The van der Waals surface area contributed by atoms with E-state index < -0.39 is 0 Å². The Labute approximate surface area is 91.5 Å². The summed E-state index contributed by atoms with van der Waals surface area (Å²) in [6.45, 7) is 2.20. The maximum absolute atomic E-state index is 7.31. The van der Waals surface area contributed by atoms with Gasteiger partial charge in [-0.1, -0.05) is 26.2 Å². The van der Waals surface area contributed by atoms with E-state index in [9.17, 15) is 0 Å². The first-order chi connectivity index (χ1) is 6.72. The third-order valence-corrected chi connectivity index (χ3v) is 4.58. The minimum Gasteiger partial charge on any atom is -0.388 e. The zero-order chi connectivity index (χ0) is 10.4. The van der Waals surface area contributed by atoms with Gasteiger partial charge in [0.05, 0.1) is 5.84 Å². The molecule has 82 valence electrons. The molecule has 14 heavy (non-hydrogen) atoms. The Morgan fingerprint density at radius 3 is 2.57 bits per heavy atom. The Balaban J connectivity index is 2.27. The van der Waals surface area contributed by atoms with Crippen molar-refractivity contribution < 1.29 is 0 Å². The van der Waals surface area contributed by atoms with Gasteiger partial charge in [-0.15, -0.1) is 0 Å². The van der Waals surface area contributed by atoms with Crippen molar-refractivity contribution in [2.75, 3.05) is 0 Å². The van der Waals surface area contributed by atoms with E-state index in [1.54, 1.807) is 0 Å². The van der Waals surface area contributed by atoms with Crippen LogP contribution >= 0.6 is 11.8 Å². The molecule has 1 saturated carbocycles. The Morgan fingerprint density at radius 1 is 1.43 bits per heavy atom. The lowest BCUT2D eigenvalue weighted by Crippen LogP contribution is -2.20. The van der Waals surface area contributed by atoms with Gasteiger partial charge in [0, 0.05) is 16.9 Å². The average molecular weight is 214 g/mol. The number of thioether (sulfide) groups is 1. The molecular formula is C11H22N2S. The molecule has 0 heterocycles. The van der Waals surface area contributed by atoms with Gasteiger partial charge in [0.25, 0.3) is 0 Å².